The van der Waals surface area contributed by atoms with Crippen molar-refractivity contribution in [3.8, 4) is 5.75 Å². The number of ketones is 1. The van der Waals surface area contributed by atoms with E-state index in [0.29, 0.717) is 27.5 Å². The van der Waals surface area contributed by atoms with Crippen LogP contribution in [0.2, 0.25) is 5.02 Å². The number of thioether (sulfide) groups is 1. The van der Waals surface area contributed by atoms with Crippen LogP contribution in [0.25, 0.3) is 0 Å². The fourth-order valence-corrected chi connectivity index (χ4v) is 3.67. The number of benzene rings is 2. The zero-order chi connectivity index (χ0) is 19.9. The van der Waals surface area contributed by atoms with E-state index in [9.17, 15) is 4.79 Å². The molecule has 146 valence electrons. The average Bonchev–Trinajstić information content (AvgIpc) is 3.06. The number of carbonyl (C=O) groups excluding carboxylic acids is 1. The SMILES string of the molecule is CCCc1ccc(C(=O)CSc2nnc(COc3ccccc3Cl)n2C)cc1. The summed E-state index contributed by atoms with van der Waals surface area (Å²) >= 11 is 7.46. The first-order valence-electron chi connectivity index (χ1n) is 9.09. The third-order valence-electron chi connectivity index (χ3n) is 4.27. The van der Waals surface area contributed by atoms with Gasteiger partial charge in [-0.05, 0) is 24.1 Å². The molecule has 0 saturated heterocycles. The van der Waals surface area contributed by atoms with Crippen LogP contribution in [0.15, 0.2) is 53.7 Å². The molecule has 1 heterocycles. The first-order chi connectivity index (χ1) is 13.6. The van der Waals surface area contributed by atoms with E-state index in [4.69, 9.17) is 16.3 Å². The fourth-order valence-electron chi connectivity index (χ4n) is 2.66. The highest BCUT2D eigenvalue weighted by Crippen LogP contribution is 2.24. The molecule has 2 aromatic carbocycles. The van der Waals surface area contributed by atoms with Crippen LogP contribution in [-0.4, -0.2) is 26.3 Å². The van der Waals surface area contributed by atoms with Gasteiger partial charge in [-0.2, -0.15) is 0 Å². The lowest BCUT2D eigenvalue weighted by Crippen LogP contribution is -2.06. The molecule has 28 heavy (non-hydrogen) atoms. The van der Waals surface area contributed by atoms with Crippen LogP contribution in [0, 0.1) is 0 Å². The second kappa shape index (κ2) is 9.75. The van der Waals surface area contributed by atoms with Gasteiger partial charge in [0.2, 0.25) is 0 Å². The third-order valence-corrected chi connectivity index (χ3v) is 5.60. The molecule has 3 rings (SSSR count). The Morgan fingerprint density at radius 2 is 1.89 bits per heavy atom. The lowest BCUT2D eigenvalue weighted by atomic mass is 10.1. The van der Waals surface area contributed by atoms with Crippen molar-refractivity contribution in [3.05, 3.63) is 70.5 Å². The zero-order valence-corrected chi connectivity index (χ0v) is 17.5. The second-order valence-electron chi connectivity index (χ2n) is 6.34. The van der Waals surface area contributed by atoms with Crippen LogP contribution in [0.3, 0.4) is 0 Å². The van der Waals surface area contributed by atoms with Crippen LogP contribution in [0.4, 0.5) is 0 Å². The molecular weight excluding hydrogens is 394 g/mol. The molecule has 3 aromatic rings. The topological polar surface area (TPSA) is 57.0 Å². The summed E-state index contributed by atoms with van der Waals surface area (Å²) in [6, 6.07) is 15.1. The normalized spacial score (nSPS) is 10.8. The van der Waals surface area contributed by atoms with Gasteiger partial charge in [-0.25, -0.2) is 0 Å². The number of aryl methyl sites for hydroxylation is 1. The maximum atomic E-state index is 12.4. The van der Waals surface area contributed by atoms with Crippen molar-refractivity contribution in [1.82, 2.24) is 14.8 Å². The molecule has 0 radical (unpaired) electrons. The summed E-state index contributed by atoms with van der Waals surface area (Å²) in [7, 11) is 1.86. The highest BCUT2D eigenvalue weighted by Gasteiger charge is 2.13. The van der Waals surface area contributed by atoms with Crippen LogP contribution >= 0.6 is 23.4 Å². The lowest BCUT2D eigenvalue weighted by Gasteiger charge is -2.08. The predicted molar refractivity (Wildman–Crippen MR) is 112 cm³/mol. The molecule has 0 bridgehead atoms. The van der Waals surface area contributed by atoms with Gasteiger partial charge < -0.3 is 9.30 Å². The maximum Gasteiger partial charge on any atom is 0.191 e. The molecule has 0 aliphatic rings. The van der Waals surface area contributed by atoms with Gasteiger partial charge in [-0.3, -0.25) is 4.79 Å². The molecular formula is C21H22ClN3O2S. The first kappa shape index (κ1) is 20.4. The Labute approximate surface area is 174 Å². The van der Waals surface area contributed by atoms with Crippen LogP contribution in [-0.2, 0) is 20.1 Å². The summed E-state index contributed by atoms with van der Waals surface area (Å²) in [6.45, 7) is 2.39. The summed E-state index contributed by atoms with van der Waals surface area (Å²) in [5.41, 5.74) is 1.97. The minimum atomic E-state index is 0.0740. The van der Waals surface area contributed by atoms with Gasteiger partial charge in [0.15, 0.2) is 16.8 Å². The number of aromatic nitrogens is 3. The monoisotopic (exact) mass is 415 g/mol. The van der Waals surface area contributed by atoms with E-state index in [1.54, 1.807) is 12.1 Å². The molecule has 0 N–H and O–H groups in total. The number of halogens is 1. The van der Waals surface area contributed by atoms with Crippen molar-refractivity contribution in [2.75, 3.05) is 5.75 Å². The van der Waals surface area contributed by atoms with Crippen molar-refractivity contribution >= 4 is 29.1 Å². The highest BCUT2D eigenvalue weighted by molar-refractivity contribution is 7.99. The molecule has 0 aliphatic heterocycles. The fraction of sp³-hybridized carbons (Fsp3) is 0.286. The number of hydrogen-bond acceptors (Lipinski definition) is 5. The Balaban J connectivity index is 1.56. The number of ether oxygens (including phenoxy) is 1. The molecule has 0 unspecified atom stereocenters. The summed E-state index contributed by atoms with van der Waals surface area (Å²) in [5, 5.41) is 9.55. The van der Waals surface area contributed by atoms with Crippen LogP contribution in [0.5, 0.6) is 5.75 Å². The molecule has 0 aliphatic carbocycles. The Morgan fingerprint density at radius 3 is 2.61 bits per heavy atom. The quantitative estimate of drug-likeness (QED) is 0.364. The summed E-state index contributed by atoms with van der Waals surface area (Å²) in [4.78, 5) is 12.4. The van der Waals surface area contributed by atoms with Gasteiger partial charge in [0.25, 0.3) is 0 Å². The van der Waals surface area contributed by atoms with Crippen molar-refractivity contribution in [1.29, 1.82) is 0 Å². The number of nitrogens with zero attached hydrogens (tertiary/aromatic N) is 3. The number of para-hydroxylation sites is 1. The van der Waals surface area contributed by atoms with Crippen molar-refractivity contribution in [3.63, 3.8) is 0 Å². The molecule has 1 aromatic heterocycles. The second-order valence-corrected chi connectivity index (χ2v) is 7.69. The summed E-state index contributed by atoms with van der Waals surface area (Å²) in [5.74, 6) is 1.65. The highest BCUT2D eigenvalue weighted by atomic mass is 35.5. The standard InChI is InChI=1S/C21H22ClN3O2S/c1-3-6-15-9-11-16(12-10-15)18(26)14-28-21-24-23-20(25(21)2)13-27-19-8-5-4-7-17(19)22/h4-5,7-12H,3,6,13-14H2,1-2H3. The molecule has 0 saturated carbocycles. The third kappa shape index (κ3) is 5.14. The number of hydrogen-bond donors (Lipinski definition) is 0. The lowest BCUT2D eigenvalue weighted by molar-refractivity contribution is 0.102. The van der Waals surface area contributed by atoms with Gasteiger partial charge in [-0.15, -0.1) is 10.2 Å². The zero-order valence-electron chi connectivity index (χ0n) is 15.9. The number of carbonyl (C=O) groups is 1. The molecule has 0 atom stereocenters. The van der Waals surface area contributed by atoms with Gasteiger partial charge in [-0.1, -0.05) is 73.1 Å². The van der Waals surface area contributed by atoms with Gasteiger partial charge in [0.1, 0.15) is 12.4 Å². The predicted octanol–water partition coefficient (Wildman–Crippen LogP) is 4.98. The largest absolute Gasteiger partial charge is 0.484 e. The minimum Gasteiger partial charge on any atom is -0.484 e. The molecule has 5 nitrogen and oxygen atoms in total. The summed E-state index contributed by atoms with van der Waals surface area (Å²) < 4.78 is 7.54. The van der Waals surface area contributed by atoms with E-state index in [0.717, 1.165) is 18.4 Å². The number of Topliss-reactive ketones (excluding diaryl/α,β-unsaturated/α-hetero) is 1. The molecule has 0 fully saturated rings. The van der Waals surface area contributed by atoms with Gasteiger partial charge >= 0.3 is 0 Å². The Bertz CT molecular complexity index is 941. The van der Waals surface area contributed by atoms with E-state index in [-0.39, 0.29) is 12.4 Å². The Morgan fingerprint density at radius 1 is 1.14 bits per heavy atom. The minimum absolute atomic E-state index is 0.0740. The van der Waals surface area contributed by atoms with Crippen molar-refractivity contribution < 1.29 is 9.53 Å². The number of rotatable bonds is 9. The Kier molecular flexibility index (Phi) is 7.12. The van der Waals surface area contributed by atoms with Gasteiger partial charge in [0.05, 0.1) is 10.8 Å². The average molecular weight is 416 g/mol. The van der Waals surface area contributed by atoms with E-state index < -0.39 is 0 Å². The van der Waals surface area contributed by atoms with E-state index >= 15 is 0 Å². The van der Waals surface area contributed by atoms with Crippen molar-refractivity contribution in [2.24, 2.45) is 7.05 Å². The van der Waals surface area contributed by atoms with E-state index in [2.05, 4.69) is 17.1 Å². The van der Waals surface area contributed by atoms with Gasteiger partial charge in [0, 0.05) is 12.6 Å². The maximum absolute atomic E-state index is 12.4. The molecule has 0 amide bonds. The first-order valence-corrected chi connectivity index (χ1v) is 10.5. The molecule has 7 heteroatoms. The summed E-state index contributed by atoms with van der Waals surface area (Å²) in [6.07, 6.45) is 2.12. The Hall–Kier alpha value is -2.31. The molecule has 0 spiro atoms. The van der Waals surface area contributed by atoms with Crippen LogP contribution < -0.4 is 4.74 Å². The van der Waals surface area contributed by atoms with E-state index in [1.807, 2.05) is 48.0 Å². The smallest absolute Gasteiger partial charge is 0.191 e. The van der Waals surface area contributed by atoms with E-state index in [1.165, 1.54) is 17.3 Å². The van der Waals surface area contributed by atoms with Crippen LogP contribution in [0.1, 0.15) is 35.1 Å². The van der Waals surface area contributed by atoms with Crippen molar-refractivity contribution in [2.45, 2.75) is 31.5 Å².